The van der Waals surface area contributed by atoms with Gasteiger partial charge in [0.1, 0.15) is 5.82 Å². The van der Waals surface area contributed by atoms with Crippen LogP contribution in [0.2, 0.25) is 0 Å². The zero-order valence-electron chi connectivity index (χ0n) is 15.0. The fourth-order valence-electron chi connectivity index (χ4n) is 2.60. The monoisotopic (exact) mass is 337 g/mol. The summed E-state index contributed by atoms with van der Waals surface area (Å²) in [5, 5.41) is 13.9. The minimum absolute atomic E-state index is 0.565. The summed E-state index contributed by atoms with van der Waals surface area (Å²) in [7, 11) is 3.77. The molecule has 0 bridgehead atoms. The van der Waals surface area contributed by atoms with E-state index in [0.717, 1.165) is 40.6 Å². The van der Waals surface area contributed by atoms with Gasteiger partial charge in [-0.05, 0) is 38.6 Å². The Balaban J connectivity index is 1.89. The number of rotatable bonds is 6. The molecule has 0 atom stereocenters. The summed E-state index contributed by atoms with van der Waals surface area (Å²) in [4.78, 5) is 8.87. The van der Waals surface area contributed by atoms with Crippen LogP contribution in [0, 0.1) is 13.8 Å². The highest BCUT2D eigenvalue weighted by Crippen LogP contribution is 2.22. The highest BCUT2D eigenvalue weighted by atomic mass is 15.3. The van der Waals surface area contributed by atoms with Gasteiger partial charge in [-0.1, -0.05) is 6.07 Å². The molecule has 3 aromatic rings. The second kappa shape index (κ2) is 7.31. The van der Waals surface area contributed by atoms with Crippen LogP contribution in [0.4, 0.5) is 17.5 Å². The third-order valence-corrected chi connectivity index (χ3v) is 3.84. The summed E-state index contributed by atoms with van der Waals surface area (Å²) < 4.78 is 1.89. The molecule has 0 radical (unpaired) electrons. The highest BCUT2D eigenvalue weighted by Gasteiger charge is 2.07. The van der Waals surface area contributed by atoms with Crippen molar-refractivity contribution in [2.75, 3.05) is 24.7 Å². The van der Waals surface area contributed by atoms with Crippen molar-refractivity contribution in [2.24, 2.45) is 0 Å². The number of nitrogens with one attached hydrogen (secondary N) is 3. The van der Waals surface area contributed by atoms with Crippen molar-refractivity contribution < 1.29 is 0 Å². The summed E-state index contributed by atoms with van der Waals surface area (Å²) in [6.45, 7) is 4.81. The van der Waals surface area contributed by atoms with E-state index < -0.39 is 0 Å². The van der Waals surface area contributed by atoms with Crippen LogP contribution in [0.15, 0.2) is 36.7 Å². The van der Waals surface area contributed by atoms with E-state index in [1.165, 1.54) is 0 Å². The molecule has 25 heavy (non-hydrogen) atoms. The molecule has 0 spiro atoms. The Kier molecular flexibility index (Phi) is 4.95. The molecule has 0 saturated heterocycles. The average Bonchev–Trinajstić information content (AvgIpc) is 3.05. The molecule has 2 heterocycles. The minimum Gasteiger partial charge on any atom is -0.373 e. The third kappa shape index (κ3) is 3.95. The number of anilines is 3. The average molecular weight is 337 g/mol. The van der Waals surface area contributed by atoms with E-state index in [-0.39, 0.29) is 0 Å². The van der Waals surface area contributed by atoms with Crippen molar-refractivity contribution in [2.45, 2.75) is 20.4 Å². The van der Waals surface area contributed by atoms with E-state index in [0.29, 0.717) is 5.95 Å². The molecule has 7 nitrogen and oxygen atoms in total. The molecule has 2 aromatic heterocycles. The molecule has 0 unspecified atom stereocenters. The first-order chi connectivity index (χ1) is 12.1. The summed E-state index contributed by atoms with van der Waals surface area (Å²) in [5.41, 5.74) is 5.12. The van der Waals surface area contributed by atoms with Gasteiger partial charge in [0.05, 0.1) is 11.9 Å². The topological polar surface area (TPSA) is 79.7 Å². The number of hydrogen-bond acceptors (Lipinski definition) is 6. The smallest absolute Gasteiger partial charge is 0.229 e. The molecule has 0 saturated carbocycles. The molecular formula is C18H23N7. The van der Waals surface area contributed by atoms with E-state index in [2.05, 4.69) is 50.1 Å². The van der Waals surface area contributed by atoms with E-state index in [4.69, 9.17) is 0 Å². The van der Waals surface area contributed by atoms with Crippen LogP contribution in [-0.2, 0) is 6.54 Å². The number of nitrogens with zero attached hydrogens (tertiary/aromatic N) is 4. The van der Waals surface area contributed by atoms with E-state index in [9.17, 15) is 0 Å². The SMILES string of the molecule is CNCc1cnn(-c2cc(Nc3nc(C)cc(NC)n3)ccc2C)c1. The summed E-state index contributed by atoms with van der Waals surface area (Å²) in [6.07, 6.45) is 3.91. The number of aromatic nitrogens is 4. The first kappa shape index (κ1) is 16.9. The van der Waals surface area contributed by atoms with Gasteiger partial charge < -0.3 is 16.0 Å². The molecule has 0 fully saturated rings. The van der Waals surface area contributed by atoms with Crippen molar-refractivity contribution in [3.05, 3.63) is 53.5 Å². The lowest BCUT2D eigenvalue weighted by Gasteiger charge is -2.11. The maximum absolute atomic E-state index is 4.46. The van der Waals surface area contributed by atoms with E-state index in [1.54, 1.807) is 0 Å². The molecule has 0 aliphatic heterocycles. The fourth-order valence-corrected chi connectivity index (χ4v) is 2.60. The molecule has 130 valence electrons. The van der Waals surface area contributed by atoms with Crippen molar-refractivity contribution in [3.8, 4) is 5.69 Å². The zero-order chi connectivity index (χ0) is 17.8. The second-order valence-corrected chi connectivity index (χ2v) is 5.92. The normalized spacial score (nSPS) is 10.7. The maximum atomic E-state index is 4.46. The predicted molar refractivity (Wildman–Crippen MR) is 101 cm³/mol. The summed E-state index contributed by atoms with van der Waals surface area (Å²) >= 11 is 0. The fraction of sp³-hybridized carbons (Fsp3) is 0.278. The van der Waals surface area contributed by atoms with Crippen molar-refractivity contribution >= 4 is 17.5 Å². The quantitative estimate of drug-likeness (QED) is 0.642. The van der Waals surface area contributed by atoms with Crippen molar-refractivity contribution in [1.29, 1.82) is 0 Å². The summed E-state index contributed by atoms with van der Waals surface area (Å²) in [5.74, 6) is 1.35. The Bertz CT molecular complexity index is 870. The Morgan fingerprint density at radius 1 is 1.08 bits per heavy atom. The highest BCUT2D eigenvalue weighted by molar-refractivity contribution is 5.60. The Morgan fingerprint density at radius 3 is 2.68 bits per heavy atom. The van der Waals surface area contributed by atoms with Gasteiger partial charge in [-0.2, -0.15) is 10.1 Å². The molecule has 0 aliphatic carbocycles. The van der Waals surface area contributed by atoms with Gasteiger partial charge >= 0.3 is 0 Å². The van der Waals surface area contributed by atoms with Crippen LogP contribution < -0.4 is 16.0 Å². The van der Waals surface area contributed by atoms with Crippen LogP contribution in [0.1, 0.15) is 16.8 Å². The zero-order valence-corrected chi connectivity index (χ0v) is 15.0. The molecule has 3 N–H and O–H groups in total. The van der Waals surface area contributed by atoms with Gasteiger partial charge in [-0.15, -0.1) is 0 Å². The van der Waals surface area contributed by atoms with Gasteiger partial charge in [0.15, 0.2) is 0 Å². The predicted octanol–water partition coefficient (Wildman–Crippen LogP) is 2.78. The maximum Gasteiger partial charge on any atom is 0.229 e. The Hall–Kier alpha value is -2.93. The molecular weight excluding hydrogens is 314 g/mol. The van der Waals surface area contributed by atoms with Crippen LogP contribution >= 0.6 is 0 Å². The molecule has 7 heteroatoms. The Labute approximate surface area is 147 Å². The van der Waals surface area contributed by atoms with E-state index >= 15 is 0 Å². The molecule has 3 rings (SSSR count). The van der Waals surface area contributed by atoms with Crippen LogP contribution in [0.25, 0.3) is 5.69 Å². The van der Waals surface area contributed by atoms with E-state index in [1.807, 2.05) is 50.2 Å². The molecule has 0 amide bonds. The lowest BCUT2D eigenvalue weighted by Crippen LogP contribution is -2.04. The van der Waals surface area contributed by atoms with Gasteiger partial charge in [0.25, 0.3) is 0 Å². The first-order valence-electron chi connectivity index (χ1n) is 8.18. The lowest BCUT2D eigenvalue weighted by molar-refractivity contribution is 0.816. The van der Waals surface area contributed by atoms with Crippen molar-refractivity contribution in [3.63, 3.8) is 0 Å². The first-order valence-corrected chi connectivity index (χ1v) is 8.18. The van der Waals surface area contributed by atoms with Gasteiger partial charge in [0.2, 0.25) is 5.95 Å². The van der Waals surface area contributed by atoms with Gasteiger partial charge in [-0.3, -0.25) is 0 Å². The van der Waals surface area contributed by atoms with Gasteiger partial charge in [-0.25, -0.2) is 9.67 Å². The van der Waals surface area contributed by atoms with Crippen LogP contribution in [0.3, 0.4) is 0 Å². The third-order valence-electron chi connectivity index (χ3n) is 3.84. The lowest BCUT2D eigenvalue weighted by atomic mass is 10.2. The molecule has 0 aliphatic rings. The number of hydrogen-bond donors (Lipinski definition) is 3. The Morgan fingerprint density at radius 2 is 1.92 bits per heavy atom. The van der Waals surface area contributed by atoms with Crippen LogP contribution in [-0.4, -0.2) is 33.8 Å². The second-order valence-electron chi connectivity index (χ2n) is 5.92. The number of aryl methyl sites for hydroxylation is 2. The van der Waals surface area contributed by atoms with Crippen LogP contribution in [0.5, 0.6) is 0 Å². The van der Waals surface area contributed by atoms with Gasteiger partial charge in [0, 0.05) is 42.8 Å². The standard InChI is InChI=1S/C18H23N7/c1-12-5-6-15(23-18-22-13(2)7-17(20-4)24-18)8-16(12)25-11-14(9-19-3)10-21-25/h5-8,10-11,19H,9H2,1-4H3,(H2,20,22,23,24). The minimum atomic E-state index is 0.565. The van der Waals surface area contributed by atoms with Crippen molar-refractivity contribution in [1.82, 2.24) is 25.1 Å². The molecule has 1 aromatic carbocycles. The largest absolute Gasteiger partial charge is 0.373 e. The number of benzene rings is 1. The summed E-state index contributed by atoms with van der Waals surface area (Å²) in [6, 6.07) is 8.03.